The third-order valence-corrected chi connectivity index (χ3v) is 8.03. The topological polar surface area (TPSA) is 32.0 Å². The molecular weight excluding hydrogens is 428 g/mol. The standard InChI is InChI=1S/C31H31N4/c1-30(2)24-13-10-18-32-29(24)35(5)27(30)19-28-31(3,23-12-7-9-15-26(23)34(28)4)20-22-17-16-21-11-6-8-14-25(21)33-22/h6-19H,20H2,1-5H3/q+1. The van der Waals surface area contributed by atoms with Crippen LogP contribution in [-0.2, 0) is 17.3 Å². The Morgan fingerprint density at radius 2 is 1.63 bits per heavy atom. The zero-order valence-electron chi connectivity index (χ0n) is 21.1. The second-order valence-corrected chi connectivity index (χ2v) is 10.6. The smallest absolute Gasteiger partial charge is 0.327 e. The fourth-order valence-corrected chi connectivity index (χ4v) is 6.11. The maximum Gasteiger partial charge on any atom is 0.327 e. The van der Waals surface area contributed by atoms with Gasteiger partial charge in [-0.25, -0.2) is 4.58 Å². The molecule has 174 valence electrons. The summed E-state index contributed by atoms with van der Waals surface area (Å²) in [7, 11) is 4.33. The number of benzene rings is 2. The number of pyridine rings is 2. The van der Waals surface area contributed by atoms with E-state index in [9.17, 15) is 0 Å². The largest absolute Gasteiger partial charge is 0.347 e. The lowest BCUT2D eigenvalue weighted by atomic mass is 9.75. The van der Waals surface area contributed by atoms with E-state index in [0.29, 0.717) is 0 Å². The molecule has 0 bridgehead atoms. The second kappa shape index (κ2) is 7.61. The fourth-order valence-electron chi connectivity index (χ4n) is 6.11. The van der Waals surface area contributed by atoms with E-state index < -0.39 is 0 Å². The van der Waals surface area contributed by atoms with E-state index in [4.69, 9.17) is 9.97 Å². The molecule has 0 saturated heterocycles. The Labute approximate surface area is 207 Å². The number of fused-ring (bicyclic) bond motifs is 3. The number of allylic oxidation sites excluding steroid dienone is 2. The first-order chi connectivity index (χ1) is 16.8. The summed E-state index contributed by atoms with van der Waals surface area (Å²) >= 11 is 0. The van der Waals surface area contributed by atoms with Crippen molar-refractivity contribution in [3.05, 3.63) is 108 Å². The van der Waals surface area contributed by atoms with Crippen molar-refractivity contribution in [1.29, 1.82) is 0 Å². The number of anilines is 1. The van der Waals surface area contributed by atoms with Crippen LogP contribution in [0.15, 0.2) is 90.8 Å². The van der Waals surface area contributed by atoms with Crippen LogP contribution >= 0.6 is 0 Å². The Morgan fingerprint density at radius 1 is 0.886 bits per heavy atom. The first-order valence-corrected chi connectivity index (χ1v) is 12.3. The van der Waals surface area contributed by atoms with Gasteiger partial charge in [0.25, 0.3) is 0 Å². The fraction of sp³-hybridized carbons (Fsp3) is 0.258. The molecule has 2 aromatic heterocycles. The van der Waals surface area contributed by atoms with Crippen molar-refractivity contribution in [3.8, 4) is 0 Å². The average molecular weight is 460 g/mol. The van der Waals surface area contributed by atoms with E-state index in [-0.39, 0.29) is 10.8 Å². The monoisotopic (exact) mass is 459 g/mol. The first-order valence-electron chi connectivity index (χ1n) is 12.3. The van der Waals surface area contributed by atoms with Gasteiger partial charge in [-0.3, -0.25) is 4.98 Å². The van der Waals surface area contributed by atoms with Gasteiger partial charge in [-0.05, 0) is 61.7 Å². The van der Waals surface area contributed by atoms with Crippen LogP contribution in [0, 0.1) is 0 Å². The molecule has 0 amide bonds. The van der Waals surface area contributed by atoms with Gasteiger partial charge < -0.3 is 4.90 Å². The Morgan fingerprint density at radius 3 is 2.46 bits per heavy atom. The number of likely N-dealkylation sites (N-methyl/N-ethyl adjacent to an activating group) is 1. The van der Waals surface area contributed by atoms with E-state index in [1.54, 1.807) is 0 Å². The van der Waals surface area contributed by atoms with Crippen LogP contribution in [0.3, 0.4) is 0 Å². The summed E-state index contributed by atoms with van der Waals surface area (Å²) in [5.41, 5.74) is 8.23. The Kier molecular flexibility index (Phi) is 4.72. The van der Waals surface area contributed by atoms with Crippen LogP contribution in [0.4, 0.5) is 11.5 Å². The van der Waals surface area contributed by atoms with Crippen molar-refractivity contribution < 1.29 is 4.58 Å². The molecule has 35 heavy (non-hydrogen) atoms. The SMILES string of the molecule is CN1C(=CC2=[N+](C)c3ncccc3C2(C)C)C(C)(Cc2ccc3ccccc3n2)c2ccccc21. The summed E-state index contributed by atoms with van der Waals surface area (Å²) in [4.78, 5) is 12.1. The van der Waals surface area contributed by atoms with Gasteiger partial charge in [-0.1, -0.05) is 42.5 Å². The van der Waals surface area contributed by atoms with E-state index >= 15 is 0 Å². The Balaban J connectivity index is 1.51. The van der Waals surface area contributed by atoms with Gasteiger partial charge in [-0.2, -0.15) is 0 Å². The van der Waals surface area contributed by atoms with Gasteiger partial charge in [0.1, 0.15) is 11.9 Å². The van der Waals surface area contributed by atoms with Gasteiger partial charge >= 0.3 is 5.82 Å². The van der Waals surface area contributed by atoms with Crippen LogP contribution in [0.5, 0.6) is 0 Å². The molecule has 1 unspecified atom stereocenters. The highest BCUT2D eigenvalue weighted by atomic mass is 15.2. The van der Waals surface area contributed by atoms with E-state index in [2.05, 4.69) is 117 Å². The molecule has 4 heterocycles. The minimum absolute atomic E-state index is 0.136. The normalized spacial score (nSPS) is 21.6. The molecule has 1 atom stereocenters. The first kappa shape index (κ1) is 21.7. The van der Waals surface area contributed by atoms with Gasteiger partial charge in [0.15, 0.2) is 0 Å². The second-order valence-electron chi connectivity index (χ2n) is 10.6. The van der Waals surface area contributed by atoms with Crippen LogP contribution in [0.2, 0.25) is 0 Å². The molecule has 4 aromatic rings. The third kappa shape index (κ3) is 3.16. The number of para-hydroxylation sites is 2. The number of aromatic nitrogens is 2. The molecular formula is C31H31N4+. The van der Waals surface area contributed by atoms with Crippen molar-refractivity contribution in [3.63, 3.8) is 0 Å². The lowest BCUT2D eigenvalue weighted by Crippen LogP contribution is -2.33. The molecule has 2 aliphatic heterocycles. The van der Waals surface area contributed by atoms with Gasteiger partial charge in [0.05, 0.1) is 23.5 Å². The average Bonchev–Trinajstić information content (AvgIpc) is 3.19. The Bertz CT molecular complexity index is 1540. The van der Waals surface area contributed by atoms with E-state index in [1.165, 1.54) is 33.6 Å². The van der Waals surface area contributed by atoms with Gasteiger partial charge in [0.2, 0.25) is 0 Å². The molecule has 6 rings (SSSR count). The van der Waals surface area contributed by atoms with Crippen molar-refractivity contribution in [2.45, 2.75) is 38.0 Å². The molecule has 0 spiro atoms. The van der Waals surface area contributed by atoms with Crippen LogP contribution < -0.4 is 4.90 Å². The van der Waals surface area contributed by atoms with Crippen molar-refractivity contribution in [2.24, 2.45) is 0 Å². The molecule has 0 radical (unpaired) electrons. The zero-order valence-corrected chi connectivity index (χ0v) is 21.1. The quantitative estimate of drug-likeness (QED) is 0.343. The van der Waals surface area contributed by atoms with Crippen LogP contribution in [-0.4, -0.2) is 34.4 Å². The summed E-state index contributed by atoms with van der Waals surface area (Å²) in [6, 6.07) is 25.8. The number of hydrogen-bond donors (Lipinski definition) is 0. The van der Waals surface area contributed by atoms with Crippen molar-refractivity contribution in [2.75, 3.05) is 19.0 Å². The zero-order chi connectivity index (χ0) is 24.4. The molecule has 2 aliphatic rings. The lowest BCUT2D eigenvalue weighted by Gasteiger charge is -2.30. The maximum atomic E-state index is 5.05. The molecule has 0 aliphatic carbocycles. The predicted molar refractivity (Wildman–Crippen MR) is 144 cm³/mol. The molecule has 4 heteroatoms. The maximum absolute atomic E-state index is 5.05. The number of nitrogens with zero attached hydrogens (tertiary/aromatic N) is 4. The molecule has 2 aromatic carbocycles. The minimum Gasteiger partial charge on any atom is -0.347 e. The minimum atomic E-state index is -0.215. The summed E-state index contributed by atoms with van der Waals surface area (Å²) < 4.78 is 2.26. The number of rotatable bonds is 3. The highest BCUT2D eigenvalue weighted by molar-refractivity contribution is 6.04. The third-order valence-electron chi connectivity index (χ3n) is 8.03. The summed E-state index contributed by atoms with van der Waals surface area (Å²) in [5.74, 6) is 1.04. The van der Waals surface area contributed by atoms with E-state index in [1.807, 2.05) is 12.3 Å². The molecule has 0 fully saturated rings. The molecule has 0 saturated carbocycles. The van der Waals surface area contributed by atoms with Gasteiger partial charge in [0, 0.05) is 47.4 Å². The van der Waals surface area contributed by atoms with Crippen LogP contribution in [0.1, 0.15) is 37.6 Å². The lowest BCUT2D eigenvalue weighted by molar-refractivity contribution is -0.406. The highest BCUT2D eigenvalue weighted by Crippen LogP contribution is 2.50. The van der Waals surface area contributed by atoms with Crippen LogP contribution in [0.25, 0.3) is 10.9 Å². The molecule has 0 N–H and O–H groups in total. The highest BCUT2D eigenvalue weighted by Gasteiger charge is 2.47. The van der Waals surface area contributed by atoms with Gasteiger partial charge in [-0.15, -0.1) is 0 Å². The van der Waals surface area contributed by atoms with Crippen molar-refractivity contribution >= 4 is 28.1 Å². The Hall–Kier alpha value is -3.79. The predicted octanol–water partition coefficient (Wildman–Crippen LogP) is 6.17. The molecule has 4 nitrogen and oxygen atoms in total. The number of hydrogen-bond acceptors (Lipinski definition) is 3. The van der Waals surface area contributed by atoms with E-state index in [0.717, 1.165) is 23.4 Å². The summed E-state index contributed by atoms with van der Waals surface area (Å²) in [6.07, 6.45) is 5.12. The summed E-state index contributed by atoms with van der Waals surface area (Å²) in [5, 5.41) is 1.18. The summed E-state index contributed by atoms with van der Waals surface area (Å²) in [6.45, 7) is 6.97. The van der Waals surface area contributed by atoms with Crippen molar-refractivity contribution in [1.82, 2.24) is 9.97 Å².